The highest BCUT2D eigenvalue weighted by atomic mass is 19.3. The number of carboxylic acids is 4. The molecular weight excluding hydrogens is 728 g/mol. The third-order valence-electron chi connectivity index (χ3n) is 6.79. The van der Waals surface area contributed by atoms with Crippen LogP contribution in [0.5, 0.6) is 11.5 Å². The average Bonchev–Trinajstić information content (AvgIpc) is 2.96. The van der Waals surface area contributed by atoms with Crippen molar-refractivity contribution in [3.63, 3.8) is 0 Å². The Hall–Kier alpha value is -4.94. The van der Waals surface area contributed by atoms with Crippen LogP contribution < -0.4 is 9.47 Å². The lowest BCUT2D eigenvalue weighted by molar-refractivity contribution is -0.298. The lowest BCUT2D eigenvalue weighted by Crippen LogP contribution is -2.71. The van der Waals surface area contributed by atoms with E-state index in [0.29, 0.717) is 0 Å². The van der Waals surface area contributed by atoms with Gasteiger partial charge in [-0.3, -0.25) is 9.59 Å². The van der Waals surface area contributed by atoms with Gasteiger partial charge < -0.3 is 29.9 Å². The van der Waals surface area contributed by atoms with Gasteiger partial charge in [-0.25, -0.2) is 35.9 Å². The van der Waals surface area contributed by atoms with Crippen LogP contribution in [0.3, 0.4) is 0 Å². The summed E-state index contributed by atoms with van der Waals surface area (Å²) in [5.41, 5.74) is -12.4. The molecule has 10 nitrogen and oxygen atoms in total. The molecule has 0 saturated heterocycles. The van der Waals surface area contributed by atoms with Gasteiger partial charge in [-0.1, -0.05) is 0 Å². The fourth-order valence-corrected chi connectivity index (χ4v) is 4.36. The Labute approximate surface area is 249 Å². The molecule has 0 spiro atoms. The van der Waals surface area contributed by atoms with Crippen molar-refractivity contribution < 1.29 is 119 Å². The van der Waals surface area contributed by atoms with E-state index in [1.807, 2.05) is 0 Å². The van der Waals surface area contributed by atoms with E-state index in [4.69, 9.17) is 20.4 Å². The molecule has 0 fully saturated rings. The van der Waals surface area contributed by atoms with Crippen LogP contribution in [0.15, 0.2) is 23.3 Å². The summed E-state index contributed by atoms with van der Waals surface area (Å²) in [6.45, 7) is 0. The Kier molecular flexibility index (Phi) is 8.43. The number of carbonyl (C=O) groups is 4. The summed E-state index contributed by atoms with van der Waals surface area (Å²) in [4.78, 5) is 44.4. The number of hydrogen-bond donors (Lipinski definition) is 4. The largest absolute Gasteiger partial charge is 0.481 e. The number of hydrogen-bond acceptors (Lipinski definition) is 6. The SMILES string of the molecule is O=C(O)C1C(F)=C(F)C(F)(Oc2c(F)c(F)c(OC3(F)C(F)=C(F)C(C(=O)O)C(F)(C(=O)O)C3(F)F)c(F)c2F)C(F)(F)C1(F)C(=O)O. The van der Waals surface area contributed by atoms with E-state index < -0.39 is 129 Å². The maximum absolute atomic E-state index is 15.2. The van der Waals surface area contributed by atoms with Gasteiger partial charge in [0.15, 0.2) is 23.5 Å². The van der Waals surface area contributed by atoms with Gasteiger partial charge in [0.05, 0.1) is 0 Å². The van der Waals surface area contributed by atoms with Crippen molar-refractivity contribution in [1.82, 2.24) is 0 Å². The normalized spacial score (nSPS) is 32.9. The Morgan fingerprint density at radius 3 is 0.896 bits per heavy atom. The predicted octanol–water partition coefficient (Wildman–Crippen LogP) is 4.92. The van der Waals surface area contributed by atoms with Crippen LogP contribution in [0.2, 0.25) is 0 Å². The van der Waals surface area contributed by atoms with Gasteiger partial charge in [-0.15, -0.1) is 0 Å². The maximum atomic E-state index is 15.2. The van der Waals surface area contributed by atoms with Gasteiger partial charge in [0.25, 0.3) is 11.3 Å². The smallest absolute Gasteiger partial charge is 0.371 e. The third-order valence-corrected chi connectivity index (χ3v) is 6.79. The van der Waals surface area contributed by atoms with Crippen molar-refractivity contribution in [3.05, 3.63) is 46.6 Å². The molecule has 26 heteroatoms. The summed E-state index contributed by atoms with van der Waals surface area (Å²) < 4.78 is 242. The first-order valence-corrected chi connectivity index (χ1v) is 11.3. The van der Waals surface area contributed by atoms with Gasteiger partial charge in [0.1, 0.15) is 0 Å². The molecule has 48 heavy (non-hydrogen) atoms. The molecule has 0 aliphatic heterocycles. The molecule has 0 radical (unpaired) electrons. The lowest BCUT2D eigenvalue weighted by atomic mass is 9.74. The Morgan fingerprint density at radius 2 is 0.708 bits per heavy atom. The molecule has 0 amide bonds. The monoisotopic (exact) mass is 734 g/mol. The quantitative estimate of drug-likeness (QED) is 0.213. The highest BCUT2D eigenvalue weighted by Gasteiger charge is 2.86. The first-order chi connectivity index (χ1) is 21.5. The minimum Gasteiger partial charge on any atom is -0.481 e. The molecule has 0 bridgehead atoms. The average molecular weight is 734 g/mol. The predicted molar refractivity (Wildman–Crippen MR) is 109 cm³/mol. The summed E-state index contributed by atoms with van der Waals surface area (Å²) in [5.74, 6) is -88.2. The fraction of sp³-hybridized carbons (Fsp3) is 0.364. The zero-order valence-electron chi connectivity index (χ0n) is 21.4. The third kappa shape index (κ3) is 4.21. The van der Waals surface area contributed by atoms with Gasteiger partial charge in [0, 0.05) is 0 Å². The summed E-state index contributed by atoms with van der Waals surface area (Å²) in [6.07, 6.45) is 0. The summed E-state index contributed by atoms with van der Waals surface area (Å²) in [7, 11) is 0. The number of benzene rings is 1. The van der Waals surface area contributed by atoms with E-state index in [-0.39, 0.29) is 0 Å². The van der Waals surface area contributed by atoms with E-state index in [0.717, 1.165) is 0 Å². The fourth-order valence-electron chi connectivity index (χ4n) is 4.36. The molecular formula is C22H6F16O10. The van der Waals surface area contributed by atoms with Crippen LogP contribution >= 0.6 is 0 Å². The molecule has 1 aromatic rings. The number of carboxylic acid groups (broad SMARTS) is 4. The maximum Gasteiger partial charge on any atom is 0.371 e. The number of ether oxygens (including phenoxy) is 2. The highest BCUT2D eigenvalue weighted by Crippen LogP contribution is 2.61. The summed E-state index contributed by atoms with van der Waals surface area (Å²) >= 11 is 0. The van der Waals surface area contributed by atoms with Gasteiger partial charge >= 0.3 is 47.4 Å². The molecule has 0 aromatic heterocycles. The van der Waals surface area contributed by atoms with Gasteiger partial charge in [0.2, 0.25) is 46.4 Å². The number of halogens is 16. The van der Waals surface area contributed by atoms with Crippen molar-refractivity contribution in [3.8, 4) is 11.5 Å². The summed E-state index contributed by atoms with van der Waals surface area (Å²) in [5, 5.41) is 35.0. The van der Waals surface area contributed by atoms with Crippen LogP contribution in [-0.2, 0) is 19.2 Å². The highest BCUT2D eigenvalue weighted by molar-refractivity contribution is 5.91. The second-order valence-electron chi connectivity index (χ2n) is 9.36. The zero-order valence-corrected chi connectivity index (χ0v) is 21.4. The summed E-state index contributed by atoms with van der Waals surface area (Å²) in [6, 6.07) is 0. The van der Waals surface area contributed by atoms with Crippen molar-refractivity contribution in [2.75, 3.05) is 0 Å². The first-order valence-electron chi connectivity index (χ1n) is 11.3. The molecule has 0 saturated carbocycles. The number of alkyl halides is 8. The van der Waals surface area contributed by atoms with Crippen LogP contribution in [0.4, 0.5) is 70.2 Å². The standard InChI is InChI=1S/C22H6F16O10/c23-3-1(13(39)40)17(31,15(43)44)21(35,36)19(33,11(3)29)47-9-5(25)7(27)10(8(28)6(9)26)48-20(34)12(30)4(24)2(14(41)42)18(32,16(45)46)22(20,37)38/h1-2H,(H,39,40)(H,41,42)(H,43,44)(H,45,46). The second-order valence-corrected chi connectivity index (χ2v) is 9.36. The van der Waals surface area contributed by atoms with E-state index in [1.165, 1.54) is 0 Å². The van der Waals surface area contributed by atoms with E-state index in [9.17, 15) is 80.6 Å². The Morgan fingerprint density at radius 1 is 0.479 bits per heavy atom. The van der Waals surface area contributed by atoms with Gasteiger partial charge in [-0.05, 0) is 0 Å². The first kappa shape index (κ1) is 37.5. The number of rotatable bonds is 8. The molecule has 1 aromatic carbocycles. The second kappa shape index (κ2) is 10.8. The minimum atomic E-state index is -7.03. The van der Waals surface area contributed by atoms with E-state index >= 15 is 8.78 Å². The van der Waals surface area contributed by atoms with Crippen molar-refractivity contribution in [2.24, 2.45) is 11.8 Å². The van der Waals surface area contributed by atoms with Gasteiger partial charge in [-0.2, -0.15) is 43.9 Å². The Bertz CT molecular complexity index is 1580. The van der Waals surface area contributed by atoms with Crippen LogP contribution in [-0.4, -0.2) is 79.2 Å². The molecule has 6 unspecified atom stereocenters. The molecule has 3 rings (SSSR count). The zero-order chi connectivity index (χ0) is 37.7. The van der Waals surface area contributed by atoms with Crippen LogP contribution in [0, 0.1) is 35.1 Å². The van der Waals surface area contributed by atoms with E-state index in [2.05, 4.69) is 9.47 Å². The lowest BCUT2D eigenvalue weighted by Gasteiger charge is -2.44. The van der Waals surface area contributed by atoms with E-state index in [1.54, 1.807) is 0 Å². The molecule has 2 aliphatic carbocycles. The molecule has 6 atom stereocenters. The van der Waals surface area contributed by atoms with Crippen molar-refractivity contribution in [2.45, 2.75) is 34.9 Å². The topological polar surface area (TPSA) is 168 Å². The van der Waals surface area contributed by atoms with Crippen molar-refractivity contribution in [1.29, 1.82) is 0 Å². The molecule has 266 valence electrons. The number of aliphatic carboxylic acids is 4. The molecule has 0 heterocycles. The van der Waals surface area contributed by atoms with Crippen molar-refractivity contribution >= 4 is 23.9 Å². The van der Waals surface area contributed by atoms with Crippen LogP contribution in [0.1, 0.15) is 0 Å². The minimum absolute atomic E-state index is 3.03. The van der Waals surface area contributed by atoms with Crippen LogP contribution in [0.25, 0.3) is 0 Å². The molecule has 2 aliphatic rings. The Balaban J connectivity index is 2.32. The molecule has 4 N–H and O–H groups in total.